The second-order valence-electron chi connectivity index (χ2n) is 5.10. The molecule has 0 aliphatic rings. The van der Waals surface area contributed by atoms with Crippen LogP contribution in [0.4, 0.5) is 4.79 Å². The first-order valence-electron chi connectivity index (χ1n) is 5.84. The Balaban J connectivity index is 3.81. The van der Waals surface area contributed by atoms with Gasteiger partial charge in [-0.25, -0.2) is 9.59 Å². The van der Waals surface area contributed by atoms with Gasteiger partial charge in [0.2, 0.25) is 0 Å². The third kappa shape index (κ3) is 8.61. The summed E-state index contributed by atoms with van der Waals surface area (Å²) < 4.78 is 14.8. The van der Waals surface area contributed by atoms with Gasteiger partial charge in [-0.1, -0.05) is 6.58 Å². The number of ether oxygens (including phenoxy) is 3. The van der Waals surface area contributed by atoms with Crippen molar-refractivity contribution in [1.29, 1.82) is 0 Å². The summed E-state index contributed by atoms with van der Waals surface area (Å²) in [6.07, 6.45) is -0.643. The highest BCUT2D eigenvalue weighted by atomic mass is 16.7. The van der Waals surface area contributed by atoms with Gasteiger partial charge in [-0.2, -0.15) is 0 Å². The summed E-state index contributed by atoms with van der Waals surface area (Å²) in [4.78, 5) is 22.4. The first kappa shape index (κ1) is 16.5. The van der Waals surface area contributed by atoms with E-state index in [0.29, 0.717) is 12.0 Å². The van der Waals surface area contributed by atoms with E-state index in [1.165, 1.54) is 0 Å². The molecule has 0 rings (SSSR count). The normalized spacial score (nSPS) is 12.5. The largest absolute Gasteiger partial charge is 0.508 e. The molecule has 0 N–H and O–H groups in total. The van der Waals surface area contributed by atoms with Gasteiger partial charge >= 0.3 is 12.1 Å². The molecular formula is C13H22O5. The number of hydrogen-bond donors (Lipinski definition) is 0. The molecule has 18 heavy (non-hydrogen) atoms. The average molecular weight is 258 g/mol. The van der Waals surface area contributed by atoms with E-state index in [0.717, 1.165) is 0 Å². The molecule has 0 saturated heterocycles. The summed E-state index contributed by atoms with van der Waals surface area (Å²) in [6, 6.07) is 0. The van der Waals surface area contributed by atoms with Crippen LogP contribution in [-0.4, -0.2) is 30.4 Å². The number of esters is 1. The van der Waals surface area contributed by atoms with Crippen molar-refractivity contribution < 1.29 is 23.8 Å². The summed E-state index contributed by atoms with van der Waals surface area (Å²) in [5, 5.41) is 0. The maximum Gasteiger partial charge on any atom is 0.508 e. The van der Waals surface area contributed by atoms with Crippen LogP contribution in [0.2, 0.25) is 0 Å². The standard InChI is InChI=1S/C13H22O5/c1-9(2)11(14)17-10(3)7-8-16-12(15)18-13(4,5)6/h10H,1,7-8H2,2-6H3. The van der Waals surface area contributed by atoms with E-state index in [4.69, 9.17) is 14.2 Å². The van der Waals surface area contributed by atoms with Gasteiger partial charge in [0.25, 0.3) is 0 Å². The predicted octanol–water partition coefficient (Wildman–Crippen LogP) is 2.84. The van der Waals surface area contributed by atoms with Crippen LogP contribution in [0.25, 0.3) is 0 Å². The van der Waals surface area contributed by atoms with Crippen molar-refractivity contribution in [2.45, 2.75) is 52.7 Å². The van der Waals surface area contributed by atoms with Crippen molar-refractivity contribution in [1.82, 2.24) is 0 Å². The van der Waals surface area contributed by atoms with Crippen LogP contribution in [0.3, 0.4) is 0 Å². The van der Waals surface area contributed by atoms with Crippen molar-refractivity contribution in [3.8, 4) is 0 Å². The second-order valence-corrected chi connectivity index (χ2v) is 5.10. The average Bonchev–Trinajstić information content (AvgIpc) is 2.14. The number of hydrogen-bond acceptors (Lipinski definition) is 5. The lowest BCUT2D eigenvalue weighted by Gasteiger charge is -2.19. The molecule has 5 heteroatoms. The van der Waals surface area contributed by atoms with Crippen molar-refractivity contribution in [3.05, 3.63) is 12.2 Å². The molecule has 104 valence electrons. The summed E-state index contributed by atoms with van der Waals surface area (Å²) >= 11 is 0. The van der Waals surface area contributed by atoms with Crippen molar-refractivity contribution >= 4 is 12.1 Å². The molecule has 0 saturated carbocycles. The number of rotatable bonds is 5. The predicted molar refractivity (Wildman–Crippen MR) is 67.2 cm³/mol. The van der Waals surface area contributed by atoms with Gasteiger partial charge < -0.3 is 14.2 Å². The Labute approximate surface area is 108 Å². The Morgan fingerprint density at radius 3 is 2.28 bits per heavy atom. The fourth-order valence-electron chi connectivity index (χ4n) is 0.930. The van der Waals surface area contributed by atoms with Crippen LogP contribution in [-0.2, 0) is 19.0 Å². The molecule has 0 aromatic rings. The minimum Gasteiger partial charge on any atom is -0.459 e. The van der Waals surface area contributed by atoms with Crippen LogP contribution in [0.15, 0.2) is 12.2 Å². The molecule has 0 aliphatic carbocycles. The van der Waals surface area contributed by atoms with Gasteiger partial charge in [-0.05, 0) is 34.6 Å². The lowest BCUT2D eigenvalue weighted by Crippen LogP contribution is -2.25. The highest BCUT2D eigenvalue weighted by Gasteiger charge is 2.18. The third-order valence-corrected chi connectivity index (χ3v) is 1.79. The van der Waals surface area contributed by atoms with E-state index < -0.39 is 17.7 Å². The van der Waals surface area contributed by atoms with E-state index in [-0.39, 0.29) is 12.7 Å². The summed E-state index contributed by atoms with van der Waals surface area (Å²) in [7, 11) is 0. The molecule has 5 nitrogen and oxygen atoms in total. The zero-order valence-electron chi connectivity index (χ0n) is 11.7. The Morgan fingerprint density at radius 1 is 1.28 bits per heavy atom. The fourth-order valence-corrected chi connectivity index (χ4v) is 0.930. The smallest absolute Gasteiger partial charge is 0.459 e. The van der Waals surface area contributed by atoms with Crippen LogP contribution >= 0.6 is 0 Å². The lowest BCUT2D eigenvalue weighted by atomic mass is 10.2. The fraction of sp³-hybridized carbons (Fsp3) is 0.692. The molecule has 0 amide bonds. The lowest BCUT2D eigenvalue weighted by molar-refractivity contribution is -0.144. The third-order valence-electron chi connectivity index (χ3n) is 1.79. The maximum absolute atomic E-state index is 11.2. The molecule has 0 bridgehead atoms. The van der Waals surface area contributed by atoms with E-state index in [2.05, 4.69) is 6.58 Å². The van der Waals surface area contributed by atoms with Gasteiger partial charge in [0.15, 0.2) is 0 Å². The molecule has 0 fully saturated rings. The highest BCUT2D eigenvalue weighted by Crippen LogP contribution is 2.09. The van der Waals surface area contributed by atoms with Gasteiger partial charge in [-0.15, -0.1) is 0 Å². The van der Waals surface area contributed by atoms with Crippen molar-refractivity contribution in [2.75, 3.05) is 6.61 Å². The molecule has 0 aromatic carbocycles. The molecule has 0 aromatic heterocycles. The quantitative estimate of drug-likeness (QED) is 0.560. The van der Waals surface area contributed by atoms with Crippen LogP contribution < -0.4 is 0 Å². The molecule has 0 aliphatic heterocycles. The van der Waals surface area contributed by atoms with Gasteiger partial charge in [0.05, 0.1) is 6.61 Å². The monoisotopic (exact) mass is 258 g/mol. The first-order valence-corrected chi connectivity index (χ1v) is 5.84. The zero-order valence-corrected chi connectivity index (χ0v) is 11.7. The molecule has 1 unspecified atom stereocenters. The SMILES string of the molecule is C=C(C)C(=O)OC(C)CCOC(=O)OC(C)(C)C. The Morgan fingerprint density at radius 2 is 1.83 bits per heavy atom. The van der Waals surface area contributed by atoms with E-state index in [9.17, 15) is 9.59 Å². The first-order chi connectivity index (χ1) is 8.11. The zero-order chi connectivity index (χ0) is 14.3. The molecular weight excluding hydrogens is 236 g/mol. The van der Waals surface area contributed by atoms with Crippen LogP contribution in [0.1, 0.15) is 41.0 Å². The van der Waals surface area contributed by atoms with Crippen LogP contribution in [0, 0.1) is 0 Å². The second kappa shape index (κ2) is 7.03. The molecule has 0 spiro atoms. The minimum absolute atomic E-state index is 0.138. The minimum atomic E-state index is -0.721. The van der Waals surface area contributed by atoms with Crippen LogP contribution in [0.5, 0.6) is 0 Å². The summed E-state index contributed by atoms with van der Waals surface area (Å²) in [5.41, 5.74) is -0.232. The molecule has 0 heterocycles. The van der Waals surface area contributed by atoms with Gasteiger partial charge in [-0.3, -0.25) is 0 Å². The summed E-state index contributed by atoms with van der Waals surface area (Å²) in [5.74, 6) is -0.445. The number of carbonyl (C=O) groups excluding carboxylic acids is 2. The Hall–Kier alpha value is -1.52. The Bertz CT molecular complexity index is 314. The number of carbonyl (C=O) groups is 2. The van der Waals surface area contributed by atoms with Crippen molar-refractivity contribution in [2.24, 2.45) is 0 Å². The van der Waals surface area contributed by atoms with E-state index >= 15 is 0 Å². The summed E-state index contributed by atoms with van der Waals surface area (Å²) in [6.45, 7) is 12.2. The molecule has 0 radical (unpaired) electrons. The topological polar surface area (TPSA) is 61.8 Å². The Kier molecular flexibility index (Phi) is 6.44. The highest BCUT2D eigenvalue weighted by molar-refractivity contribution is 5.87. The van der Waals surface area contributed by atoms with Crippen molar-refractivity contribution in [3.63, 3.8) is 0 Å². The van der Waals surface area contributed by atoms with Gasteiger partial charge in [0, 0.05) is 12.0 Å². The van der Waals surface area contributed by atoms with E-state index in [1.54, 1.807) is 34.6 Å². The van der Waals surface area contributed by atoms with Gasteiger partial charge in [0.1, 0.15) is 11.7 Å². The van der Waals surface area contributed by atoms with E-state index in [1.807, 2.05) is 0 Å². The molecule has 1 atom stereocenters. The maximum atomic E-state index is 11.2.